The van der Waals surface area contributed by atoms with Crippen LogP contribution < -0.4 is 4.74 Å². The molecule has 2 aromatic heterocycles. The number of aromatic nitrogens is 3. The molecule has 0 aromatic carbocycles. The molecule has 2 saturated heterocycles. The van der Waals surface area contributed by atoms with Gasteiger partial charge in [0.15, 0.2) is 0 Å². The lowest BCUT2D eigenvalue weighted by molar-refractivity contribution is -0.102. The van der Waals surface area contributed by atoms with E-state index >= 15 is 0 Å². The summed E-state index contributed by atoms with van der Waals surface area (Å²) in [6, 6.07) is 4.62. The second-order valence-corrected chi connectivity index (χ2v) is 10.3. The number of alkyl halides is 2. The Bertz CT molecular complexity index is 942. The highest BCUT2D eigenvalue weighted by Gasteiger charge is 2.46. The highest BCUT2D eigenvalue weighted by Crippen LogP contribution is 2.45. The third-order valence-corrected chi connectivity index (χ3v) is 7.75. The summed E-state index contributed by atoms with van der Waals surface area (Å²) in [5.74, 6) is 0.525. The van der Waals surface area contributed by atoms with Crippen molar-refractivity contribution in [2.24, 2.45) is 5.41 Å². The molecule has 6 nitrogen and oxygen atoms in total. The molecule has 1 saturated carbocycles. The minimum Gasteiger partial charge on any atom is -0.433 e. The van der Waals surface area contributed by atoms with E-state index in [1.165, 1.54) is 50.7 Å². The van der Waals surface area contributed by atoms with Crippen molar-refractivity contribution in [2.75, 3.05) is 26.3 Å². The van der Waals surface area contributed by atoms with E-state index < -0.39 is 6.61 Å². The van der Waals surface area contributed by atoms with Crippen molar-refractivity contribution in [3.05, 3.63) is 30.2 Å². The van der Waals surface area contributed by atoms with Crippen LogP contribution in [0.5, 0.6) is 5.75 Å². The third-order valence-electron chi connectivity index (χ3n) is 7.75. The normalized spacial score (nSPS) is 25.5. The van der Waals surface area contributed by atoms with Crippen LogP contribution in [-0.4, -0.2) is 58.6 Å². The van der Waals surface area contributed by atoms with Crippen LogP contribution in [0.2, 0.25) is 0 Å². The molecular weight excluding hydrogens is 426 g/mol. The van der Waals surface area contributed by atoms with Gasteiger partial charge in [0.25, 0.3) is 0 Å². The van der Waals surface area contributed by atoms with Gasteiger partial charge in [0.05, 0.1) is 11.9 Å². The summed E-state index contributed by atoms with van der Waals surface area (Å²) < 4.78 is 37.4. The average molecular weight is 461 g/mol. The minimum atomic E-state index is -2.87. The SMILES string of the molecule is CC(C)n1nc(-c2cncc(OC(F)F)c2)cc1[C@H]1CC[C@@H](N2CC3(CCOCC3)C2)CC1. The Labute approximate surface area is 194 Å². The number of nitrogens with zero attached hydrogens (tertiary/aromatic N) is 4. The smallest absolute Gasteiger partial charge is 0.387 e. The van der Waals surface area contributed by atoms with Crippen molar-refractivity contribution in [1.82, 2.24) is 19.7 Å². The summed E-state index contributed by atoms with van der Waals surface area (Å²) in [7, 11) is 0. The van der Waals surface area contributed by atoms with Gasteiger partial charge < -0.3 is 9.47 Å². The lowest BCUT2D eigenvalue weighted by Crippen LogP contribution is -2.61. The van der Waals surface area contributed by atoms with Gasteiger partial charge in [-0.25, -0.2) is 0 Å². The zero-order chi connectivity index (χ0) is 23.0. The largest absolute Gasteiger partial charge is 0.433 e. The van der Waals surface area contributed by atoms with Crippen LogP contribution in [-0.2, 0) is 4.74 Å². The Morgan fingerprint density at radius 1 is 1.06 bits per heavy atom. The molecule has 5 rings (SSSR count). The van der Waals surface area contributed by atoms with Gasteiger partial charge in [-0.05, 0) is 64.5 Å². The number of ether oxygens (including phenoxy) is 2. The lowest BCUT2D eigenvalue weighted by Gasteiger charge is -2.56. The molecule has 2 aliphatic heterocycles. The Balaban J connectivity index is 1.26. The summed E-state index contributed by atoms with van der Waals surface area (Å²) in [6.07, 6.45) is 10.1. The lowest BCUT2D eigenvalue weighted by atomic mass is 9.71. The van der Waals surface area contributed by atoms with E-state index in [9.17, 15) is 8.78 Å². The van der Waals surface area contributed by atoms with Crippen LogP contribution in [0.15, 0.2) is 24.5 Å². The highest BCUT2D eigenvalue weighted by atomic mass is 19.3. The number of pyridine rings is 1. The van der Waals surface area contributed by atoms with Gasteiger partial charge in [0.2, 0.25) is 0 Å². The Hall–Kier alpha value is -2.06. The van der Waals surface area contributed by atoms with Gasteiger partial charge >= 0.3 is 6.61 Å². The zero-order valence-corrected chi connectivity index (χ0v) is 19.6. The molecule has 0 bridgehead atoms. The maximum Gasteiger partial charge on any atom is 0.387 e. The molecule has 1 spiro atoms. The number of likely N-dealkylation sites (tertiary alicyclic amines) is 1. The van der Waals surface area contributed by atoms with Crippen LogP contribution in [0.1, 0.15) is 70.0 Å². The van der Waals surface area contributed by atoms with E-state index in [0.717, 1.165) is 31.7 Å². The van der Waals surface area contributed by atoms with Crippen LogP contribution >= 0.6 is 0 Å². The van der Waals surface area contributed by atoms with Crippen molar-refractivity contribution in [3.63, 3.8) is 0 Å². The predicted octanol–water partition coefficient (Wildman–Crippen LogP) is 5.27. The monoisotopic (exact) mass is 460 g/mol. The van der Waals surface area contributed by atoms with E-state index in [-0.39, 0.29) is 11.8 Å². The van der Waals surface area contributed by atoms with Crippen molar-refractivity contribution in [1.29, 1.82) is 0 Å². The van der Waals surface area contributed by atoms with Gasteiger partial charge in [-0.15, -0.1) is 0 Å². The summed E-state index contributed by atoms with van der Waals surface area (Å²) in [5.41, 5.74) is 3.22. The van der Waals surface area contributed by atoms with Gasteiger partial charge in [0, 0.05) is 67.2 Å². The Kier molecular flexibility index (Phi) is 6.40. The molecule has 4 heterocycles. The number of hydrogen-bond donors (Lipinski definition) is 0. The minimum absolute atomic E-state index is 0.0560. The molecule has 2 aromatic rings. The number of halogens is 2. The first-order chi connectivity index (χ1) is 15.9. The maximum absolute atomic E-state index is 12.6. The number of hydrogen-bond acceptors (Lipinski definition) is 5. The van der Waals surface area contributed by atoms with Gasteiger partial charge in [-0.3, -0.25) is 14.6 Å². The summed E-state index contributed by atoms with van der Waals surface area (Å²) in [5, 5.41) is 4.83. The Morgan fingerprint density at radius 3 is 2.45 bits per heavy atom. The van der Waals surface area contributed by atoms with Crippen molar-refractivity contribution >= 4 is 0 Å². The fourth-order valence-corrected chi connectivity index (χ4v) is 5.93. The van der Waals surface area contributed by atoms with Crippen molar-refractivity contribution in [3.8, 4) is 17.0 Å². The second kappa shape index (κ2) is 9.29. The zero-order valence-electron chi connectivity index (χ0n) is 19.6. The summed E-state index contributed by atoms with van der Waals surface area (Å²) >= 11 is 0. The molecule has 3 fully saturated rings. The van der Waals surface area contributed by atoms with Gasteiger partial charge in [-0.2, -0.15) is 13.9 Å². The Morgan fingerprint density at radius 2 is 1.79 bits per heavy atom. The van der Waals surface area contributed by atoms with E-state index in [1.54, 1.807) is 12.3 Å². The van der Waals surface area contributed by atoms with Crippen LogP contribution in [0.25, 0.3) is 11.3 Å². The number of rotatable bonds is 6. The third kappa shape index (κ3) is 4.78. The molecule has 0 N–H and O–H groups in total. The molecule has 0 amide bonds. The topological polar surface area (TPSA) is 52.4 Å². The molecule has 1 aliphatic carbocycles. The summed E-state index contributed by atoms with van der Waals surface area (Å²) in [6.45, 7) is 5.73. The quantitative estimate of drug-likeness (QED) is 0.588. The molecule has 0 radical (unpaired) electrons. The van der Waals surface area contributed by atoms with Crippen LogP contribution in [0.3, 0.4) is 0 Å². The maximum atomic E-state index is 12.6. The first-order valence-corrected chi connectivity index (χ1v) is 12.2. The molecule has 0 atom stereocenters. The fraction of sp³-hybridized carbons (Fsp3) is 0.680. The molecule has 3 aliphatic rings. The first-order valence-electron chi connectivity index (χ1n) is 12.2. The predicted molar refractivity (Wildman–Crippen MR) is 122 cm³/mol. The molecule has 180 valence electrons. The van der Waals surface area contributed by atoms with E-state index in [2.05, 4.69) is 39.2 Å². The standard InChI is InChI=1S/C25H34F2N4O2/c1-17(2)31-23(12-22(29-31)19-11-21(14-28-13-19)33-24(26)27)18-3-5-20(6-4-18)30-15-25(16-30)7-9-32-10-8-25/h11-14,17-18,20,24H,3-10,15-16H2,1-2H3/t18-,20+. The second-order valence-electron chi connectivity index (χ2n) is 10.3. The van der Waals surface area contributed by atoms with Crippen LogP contribution in [0, 0.1) is 5.41 Å². The van der Waals surface area contributed by atoms with Crippen LogP contribution in [0.4, 0.5) is 8.78 Å². The average Bonchev–Trinajstić information content (AvgIpc) is 3.24. The van der Waals surface area contributed by atoms with E-state index in [0.29, 0.717) is 22.9 Å². The van der Waals surface area contributed by atoms with Crippen molar-refractivity contribution < 1.29 is 18.3 Å². The summed E-state index contributed by atoms with van der Waals surface area (Å²) in [4.78, 5) is 6.77. The molecular formula is C25H34F2N4O2. The highest BCUT2D eigenvalue weighted by molar-refractivity contribution is 5.60. The van der Waals surface area contributed by atoms with Crippen molar-refractivity contribution in [2.45, 2.75) is 77.0 Å². The fourth-order valence-electron chi connectivity index (χ4n) is 5.93. The van der Waals surface area contributed by atoms with Gasteiger partial charge in [0.1, 0.15) is 5.75 Å². The van der Waals surface area contributed by atoms with Gasteiger partial charge in [-0.1, -0.05) is 0 Å². The van der Waals surface area contributed by atoms with E-state index in [1.807, 2.05) is 0 Å². The molecule has 33 heavy (non-hydrogen) atoms. The first kappa shape index (κ1) is 22.7. The molecule has 0 unspecified atom stereocenters. The molecule has 8 heteroatoms. The van der Waals surface area contributed by atoms with E-state index in [4.69, 9.17) is 9.84 Å².